The van der Waals surface area contributed by atoms with Crippen molar-refractivity contribution in [1.29, 1.82) is 0 Å². The summed E-state index contributed by atoms with van der Waals surface area (Å²) in [6.45, 7) is 13.6. The monoisotopic (exact) mass is 619 g/mol. The third-order valence-electron chi connectivity index (χ3n) is 8.72. The molecule has 0 spiro atoms. The molecule has 1 nitrogen and oxygen atoms in total. The standard InChI is InChI=1S/C44H45NS/c1-43(2,3)34-22-26-36(27-23-34)45(37-28-24-35(25-29-37)44(4,5)6)38-30-32-42(33-31-38)46(39-16-10-7-11-17-39,40-18-12-8-13-19-40)41-20-14-9-15-21-41/h7-33H,1-6H3. The molecule has 0 N–H and O–H groups in total. The second kappa shape index (κ2) is 12.7. The summed E-state index contributed by atoms with van der Waals surface area (Å²) in [4.78, 5) is 7.67. The van der Waals surface area contributed by atoms with Crippen molar-refractivity contribution in [3.05, 3.63) is 175 Å². The molecule has 0 aliphatic heterocycles. The van der Waals surface area contributed by atoms with Crippen molar-refractivity contribution in [2.45, 2.75) is 72.0 Å². The van der Waals surface area contributed by atoms with Crippen molar-refractivity contribution in [2.75, 3.05) is 4.90 Å². The largest absolute Gasteiger partial charge is 0.311 e. The molecule has 2 heteroatoms. The Hall–Kier alpha value is -4.53. The summed E-state index contributed by atoms with van der Waals surface area (Å²) in [6, 6.07) is 60.6. The topological polar surface area (TPSA) is 3.24 Å². The normalized spacial score (nSPS) is 12.5. The minimum atomic E-state index is -1.75. The third-order valence-corrected chi connectivity index (χ3v) is 12.6. The predicted octanol–water partition coefficient (Wildman–Crippen LogP) is 13.1. The van der Waals surface area contributed by atoms with Gasteiger partial charge in [0.05, 0.1) is 0 Å². The van der Waals surface area contributed by atoms with Crippen molar-refractivity contribution in [3.8, 4) is 0 Å². The lowest BCUT2D eigenvalue weighted by Crippen LogP contribution is -2.14. The molecule has 0 atom stereocenters. The zero-order valence-corrected chi connectivity index (χ0v) is 28.8. The molecular formula is C44H45NS. The summed E-state index contributed by atoms with van der Waals surface area (Å²) >= 11 is 0. The lowest BCUT2D eigenvalue weighted by molar-refractivity contribution is 0.590. The maximum atomic E-state index is 2.38. The van der Waals surface area contributed by atoms with Gasteiger partial charge in [-0.1, -0.05) is 120 Å². The Morgan fingerprint density at radius 3 is 0.870 bits per heavy atom. The summed E-state index contributed by atoms with van der Waals surface area (Å²) in [6.07, 6.45) is 0. The Labute approximate surface area is 277 Å². The van der Waals surface area contributed by atoms with E-state index in [-0.39, 0.29) is 10.8 Å². The van der Waals surface area contributed by atoms with Gasteiger partial charge in [0.2, 0.25) is 0 Å². The van der Waals surface area contributed by atoms with Crippen molar-refractivity contribution >= 4 is 27.1 Å². The third kappa shape index (κ3) is 6.15. The average Bonchev–Trinajstić information content (AvgIpc) is 3.07. The van der Waals surface area contributed by atoms with E-state index in [1.54, 1.807) is 0 Å². The van der Waals surface area contributed by atoms with Crippen LogP contribution >= 0.6 is 10.0 Å². The highest BCUT2D eigenvalue weighted by molar-refractivity contribution is 8.34. The zero-order valence-electron chi connectivity index (χ0n) is 27.9. The molecule has 0 aliphatic rings. The molecule has 0 heterocycles. The molecule has 0 bridgehead atoms. The van der Waals surface area contributed by atoms with Crippen molar-refractivity contribution in [1.82, 2.24) is 0 Å². The average molecular weight is 620 g/mol. The highest BCUT2D eigenvalue weighted by Crippen LogP contribution is 2.73. The van der Waals surface area contributed by atoms with Gasteiger partial charge in [-0.3, -0.25) is 0 Å². The van der Waals surface area contributed by atoms with E-state index in [0.717, 1.165) is 17.1 Å². The Kier molecular flexibility index (Phi) is 8.68. The van der Waals surface area contributed by atoms with E-state index in [9.17, 15) is 0 Å². The fourth-order valence-corrected chi connectivity index (χ4v) is 10.0. The Morgan fingerprint density at radius 2 is 0.587 bits per heavy atom. The summed E-state index contributed by atoms with van der Waals surface area (Å²) in [5.41, 5.74) is 6.29. The molecule has 0 aromatic heterocycles. The molecule has 6 rings (SSSR count). The number of hydrogen-bond acceptors (Lipinski definition) is 1. The van der Waals surface area contributed by atoms with Gasteiger partial charge in [0, 0.05) is 36.6 Å². The van der Waals surface area contributed by atoms with Gasteiger partial charge in [-0.15, -0.1) is 10.0 Å². The zero-order chi connectivity index (χ0) is 32.4. The van der Waals surface area contributed by atoms with Crippen LogP contribution in [0, 0.1) is 0 Å². The van der Waals surface area contributed by atoms with E-state index < -0.39 is 10.0 Å². The molecule has 0 amide bonds. The van der Waals surface area contributed by atoms with E-state index in [1.165, 1.54) is 30.7 Å². The molecule has 46 heavy (non-hydrogen) atoms. The summed E-state index contributed by atoms with van der Waals surface area (Å²) in [5.74, 6) is 0. The van der Waals surface area contributed by atoms with Crippen molar-refractivity contribution in [3.63, 3.8) is 0 Å². The molecule has 232 valence electrons. The fourth-order valence-electron chi connectivity index (χ4n) is 6.16. The molecular weight excluding hydrogens is 575 g/mol. The van der Waals surface area contributed by atoms with E-state index >= 15 is 0 Å². The second-order valence-electron chi connectivity index (χ2n) is 14.0. The minimum absolute atomic E-state index is 0.0950. The first kappa shape index (κ1) is 31.5. The van der Waals surface area contributed by atoms with E-state index in [1.807, 2.05) is 0 Å². The number of rotatable bonds is 7. The summed E-state index contributed by atoms with van der Waals surface area (Å²) < 4.78 is 0. The predicted molar refractivity (Wildman–Crippen MR) is 199 cm³/mol. The van der Waals surface area contributed by atoms with Crippen LogP contribution in [0.4, 0.5) is 17.1 Å². The van der Waals surface area contributed by atoms with Gasteiger partial charge >= 0.3 is 0 Å². The van der Waals surface area contributed by atoms with E-state index in [0.29, 0.717) is 0 Å². The number of benzene rings is 6. The van der Waals surface area contributed by atoms with E-state index in [4.69, 9.17) is 0 Å². The number of anilines is 3. The number of nitrogens with zero attached hydrogens (tertiary/aromatic N) is 1. The van der Waals surface area contributed by atoms with Crippen LogP contribution in [0.15, 0.2) is 183 Å². The van der Waals surface area contributed by atoms with Crippen LogP contribution in [0.1, 0.15) is 52.7 Å². The van der Waals surface area contributed by atoms with Crippen LogP contribution in [-0.4, -0.2) is 0 Å². The minimum Gasteiger partial charge on any atom is -0.311 e. The lowest BCUT2D eigenvalue weighted by atomic mass is 9.86. The fraction of sp³-hybridized carbons (Fsp3) is 0.182. The van der Waals surface area contributed by atoms with Crippen LogP contribution in [0.3, 0.4) is 0 Å². The first-order valence-corrected chi connectivity index (χ1v) is 17.8. The Bertz CT molecular complexity index is 1690. The molecule has 0 radical (unpaired) electrons. The first-order chi connectivity index (χ1) is 22.1. The molecule has 6 aromatic rings. The van der Waals surface area contributed by atoms with Crippen LogP contribution in [0.5, 0.6) is 0 Å². The quantitative estimate of drug-likeness (QED) is 0.172. The highest BCUT2D eigenvalue weighted by atomic mass is 32.3. The molecule has 0 fully saturated rings. The van der Waals surface area contributed by atoms with Gasteiger partial charge in [-0.25, -0.2) is 0 Å². The molecule has 0 saturated carbocycles. The molecule has 0 saturated heterocycles. The SMILES string of the molecule is CC(C)(C)c1ccc(N(c2ccc(C(C)(C)C)cc2)c2ccc(S(c3ccccc3)(c3ccccc3)c3ccccc3)cc2)cc1. The van der Waals surface area contributed by atoms with Crippen LogP contribution in [-0.2, 0) is 10.8 Å². The summed E-state index contributed by atoms with van der Waals surface area (Å²) in [7, 11) is -1.75. The summed E-state index contributed by atoms with van der Waals surface area (Å²) in [5, 5.41) is 0. The molecule has 0 unspecified atom stereocenters. The smallest absolute Gasteiger partial charge is 0.0462 e. The second-order valence-corrected chi connectivity index (χ2v) is 17.1. The van der Waals surface area contributed by atoms with Crippen LogP contribution in [0.2, 0.25) is 0 Å². The maximum absolute atomic E-state index is 2.38. The van der Waals surface area contributed by atoms with Gasteiger partial charge < -0.3 is 4.90 Å². The lowest BCUT2D eigenvalue weighted by Gasteiger charge is -2.42. The van der Waals surface area contributed by atoms with Crippen LogP contribution in [0.25, 0.3) is 0 Å². The molecule has 0 aliphatic carbocycles. The van der Waals surface area contributed by atoms with E-state index in [2.05, 4.69) is 210 Å². The Morgan fingerprint density at radius 1 is 0.326 bits per heavy atom. The van der Waals surface area contributed by atoms with Crippen molar-refractivity contribution in [2.24, 2.45) is 0 Å². The van der Waals surface area contributed by atoms with Crippen LogP contribution < -0.4 is 4.90 Å². The molecule has 6 aromatic carbocycles. The first-order valence-electron chi connectivity index (χ1n) is 16.2. The van der Waals surface area contributed by atoms with Gasteiger partial charge in [0.1, 0.15) is 0 Å². The number of hydrogen-bond donors (Lipinski definition) is 0. The van der Waals surface area contributed by atoms with Gasteiger partial charge in [0.25, 0.3) is 0 Å². The van der Waals surface area contributed by atoms with Crippen molar-refractivity contribution < 1.29 is 0 Å². The highest BCUT2D eigenvalue weighted by Gasteiger charge is 2.33. The van der Waals surface area contributed by atoms with Gasteiger partial charge in [0.15, 0.2) is 0 Å². The van der Waals surface area contributed by atoms with Gasteiger partial charge in [-0.2, -0.15) is 0 Å². The maximum Gasteiger partial charge on any atom is 0.0462 e. The van der Waals surface area contributed by atoms with Gasteiger partial charge in [-0.05, 0) is 107 Å². The Balaban J connectivity index is 1.53.